The first kappa shape index (κ1) is 19.9. The van der Waals surface area contributed by atoms with Crippen molar-refractivity contribution in [3.05, 3.63) is 71.6 Å². The van der Waals surface area contributed by atoms with Gasteiger partial charge in [0.25, 0.3) is 0 Å². The van der Waals surface area contributed by atoms with Crippen molar-refractivity contribution in [1.82, 2.24) is 15.0 Å². The molecule has 0 saturated carbocycles. The molecule has 0 aliphatic heterocycles. The molecule has 6 nitrogen and oxygen atoms in total. The first-order valence-corrected chi connectivity index (χ1v) is 9.78. The molecule has 30 heavy (non-hydrogen) atoms. The van der Waals surface area contributed by atoms with Gasteiger partial charge in [-0.1, -0.05) is 23.4 Å². The fourth-order valence-electron chi connectivity index (χ4n) is 3.69. The fourth-order valence-corrected chi connectivity index (χ4v) is 3.69. The number of hydrogen-bond donors (Lipinski definition) is 0. The van der Waals surface area contributed by atoms with Crippen LogP contribution < -0.4 is 9.47 Å². The molecule has 0 saturated heterocycles. The molecule has 0 radical (unpaired) electrons. The van der Waals surface area contributed by atoms with Crippen molar-refractivity contribution in [1.29, 1.82) is 0 Å². The van der Waals surface area contributed by atoms with Gasteiger partial charge in [0.2, 0.25) is 0 Å². The van der Waals surface area contributed by atoms with Gasteiger partial charge in [0.05, 0.1) is 31.1 Å². The van der Waals surface area contributed by atoms with Gasteiger partial charge >= 0.3 is 0 Å². The van der Waals surface area contributed by atoms with Crippen LogP contribution in [0.15, 0.2) is 59.3 Å². The Kier molecular flexibility index (Phi) is 5.68. The normalized spacial score (nSPS) is 11.2. The number of pyridine rings is 1. The molecule has 0 unspecified atom stereocenters. The molecule has 6 heteroatoms. The molecule has 0 atom stereocenters. The lowest BCUT2D eigenvalue weighted by molar-refractivity contribution is 0.304. The zero-order valence-corrected chi connectivity index (χ0v) is 17.7. The summed E-state index contributed by atoms with van der Waals surface area (Å²) in [6.45, 7) is 3.49. The molecule has 0 N–H and O–H groups in total. The van der Waals surface area contributed by atoms with Gasteiger partial charge < -0.3 is 14.0 Å². The lowest BCUT2D eigenvalue weighted by Gasteiger charge is -2.19. The van der Waals surface area contributed by atoms with Gasteiger partial charge in [-0.15, -0.1) is 0 Å². The molecule has 2 heterocycles. The Bertz CT molecular complexity index is 1160. The number of nitrogens with zero attached hydrogens (tertiary/aromatic N) is 3. The Labute approximate surface area is 176 Å². The third kappa shape index (κ3) is 4.00. The van der Waals surface area contributed by atoms with Crippen LogP contribution in [-0.2, 0) is 13.1 Å². The summed E-state index contributed by atoms with van der Waals surface area (Å²) in [4.78, 5) is 7.26. The summed E-state index contributed by atoms with van der Waals surface area (Å²) >= 11 is 0. The minimum absolute atomic E-state index is 0.684. The average Bonchev–Trinajstić information content (AvgIpc) is 3.26. The molecule has 4 aromatic rings. The van der Waals surface area contributed by atoms with Gasteiger partial charge in [-0.05, 0) is 49.4 Å². The van der Waals surface area contributed by atoms with Crippen LogP contribution >= 0.6 is 0 Å². The maximum absolute atomic E-state index is 5.52. The topological polar surface area (TPSA) is 60.6 Å². The summed E-state index contributed by atoms with van der Waals surface area (Å²) in [7, 11) is 5.35. The SMILES string of the molecule is COc1ccc(-c2nc3c(C)cccc3cc2CN(C)Cc2ccon2)cc1OC. The van der Waals surface area contributed by atoms with Crippen LogP contribution in [0.2, 0.25) is 0 Å². The van der Waals surface area contributed by atoms with Crippen LogP contribution in [0.25, 0.3) is 22.2 Å². The Morgan fingerprint density at radius 3 is 2.53 bits per heavy atom. The molecule has 4 rings (SSSR count). The van der Waals surface area contributed by atoms with E-state index in [2.05, 4.69) is 48.3 Å². The third-order valence-electron chi connectivity index (χ3n) is 5.15. The lowest BCUT2D eigenvalue weighted by atomic mass is 10.0. The van der Waals surface area contributed by atoms with E-state index in [1.807, 2.05) is 24.3 Å². The highest BCUT2D eigenvalue weighted by molar-refractivity contribution is 5.86. The summed E-state index contributed by atoms with van der Waals surface area (Å²) < 4.78 is 15.9. The van der Waals surface area contributed by atoms with E-state index in [1.165, 1.54) is 0 Å². The van der Waals surface area contributed by atoms with Crippen molar-refractivity contribution in [3.8, 4) is 22.8 Å². The zero-order valence-electron chi connectivity index (χ0n) is 17.7. The van der Waals surface area contributed by atoms with E-state index in [0.29, 0.717) is 24.6 Å². The molecule has 2 aromatic heterocycles. The van der Waals surface area contributed by atoms with Crippen molar-refractivity contribution >= 4 is 10.9 Å². The molecule has 0 fully saturated rings. The highest BCUT2D eigenvalue weighted by atomic mass is 16.5. The van der Waals surface area contributed by atoms with E-state index in [4.69, 9.17) is 19.0 Å². The highest BCUT2D eigenvalue weighted by Gasteiger charge is 2.15. The lowest BCUT2D eigenvalue weighted by Crippen LogP contribution is -2.18. The van der Waals surface area contributed by atoms with Crippen LogP contribution in [-0.4, -0.2) is 36.3 Å². The van der Waals surface area contributed by atoms with Crippen molar-refractivity contribution in [2.24, 2.45) is 0 Å². The Balaban J connectivity index is 1.79. The van der Waals surface area contributed by atoms with Crippen LogP contribution in [0, 0.1) is 6.92 Å². The molecular weight excluding hydrogens is 378 g/mol. The van der Waals surface area contributed by atoms with E-state index < -0.39 is 0 Å². The van der Waals surface area contributed by atoms with Crippen LogP contribution in [0.1, 0.15) is 16.8 Å². The smallest absolute Gasteiger partial charge is 0.161 e. The van der Waals surface area contributed by atoms with Crippen LogP contribution in [0.4, 0.5) is 0 Å². The molecule has 154 valence electrons. The number of aromatic nitrogens is 2. The number of hydrogen-bond acceptors (Lipinski definition) is 6. The predicted molar refractivity (Wildman–Crippen MR) is 117 cm³/mol. The van der Waals surface area contributed by atoms with E-state index >= 15 is 0 Å². The molecule has 2 aromatic carbocycles. The number of para-hydroxylation sites is 1. The van der Waals surface area contributed by atoms with E-state index in [9.17, 15) is 0 Å². The van der Waals surface area contributed by atoms with E-state index in [0.717, 1.165) is 39.0 Å². The predicted octanol–water partition coefficient (Wildman–Crippen LogP) is 4.85. The standard InChI is InChI=1S/C24H25N3O3/c1-16-6-5-7-17-12-19(14-27(2)15-20-10-11-30-26-20)24(25-23(16)17)18-8-9-21(28-3)22(13-18)29-4/h5-13H,14-15H2,1-4H3. The van der Waals surface area contributed by atoms with Crippen molar-refractivity contribution in [2.75, 3.05) is 21.3 Å². The van der Waals surface area contributed by atoms with Gasteiger partial charge in [0.15, 0.2) is 11.5 Å². The maximum atomic E-state index is 5.52. The Morgan fingerprint density at radius 2 is 1.80 bits per heavy atom. The minimum atomic E-state index is 0.684. The molecule has 0 amide bonds. The van der Waals surface area contributed by atoms with Crippen LogP contribution in [0.5, 0.6) is 11.5 Å². The summed E-state index contributed by atoms with van der Waals surface area (Å²) in [6, 6.07) is 16.3. The number of aryl methyl sites for hydroxylation is 1. The van der Waals surface area contributed by atoms with Gasteiger partial charge in [-0.25, -0.2) is 4.98 Å². The second-order valence-corrected chi connectivity index (χ2v) is 7.38. The van der Waals surface area contributed by atoms with E-state index in [-0.39, 0.29) is 0 Å². The second-order valence-electron chi connectivity index (χ2n) is 7.38. The first-order valence-electron chi connectivity index (χ1n) is 9.78. The molecule has 0 spiro atoms. The summed E-state index contributed by atoms with van der Waals surface area (Å²) in [5.41, 5.74) is 6.11. The van der Waals surface area contributed by atoms with Gasteiger partial charge in [-0.3, -0.25) is 4.90 Å². The number of ether oxygens (including phenoxy) is 2. The zero-order chi connectivity index (χ0) is 21.1. The van der Waals surface area contributed by atoms with Gasteiger partial charge in [0, 0.05) is 30.1 Å². The third-order valence-corrected chi connectivity index (χ3v) is 5.15. The highest BCUT2D eigenvalue weighted by Crippen LogP contribution is 2.34. The molecule has 0 aliphatic carbocycles. The molecule has 0 bridgehead atoms. The summed E-state index contributed by atoms with van der Waals surface area (Å²) in [5, 5.41) is 5.15. The summed E-state index contributed by atoms with van der Waals surface area (Å²) in [6.07, 6.45) is 1.60. The monoisotopic (exact) mass is 403 g/mol. The number of benzene rings is 2. The average molecular weight is 403 g/mol. The first-order chi connectivity index (χ1) is 14.6. The second kappa shape index (κ2) is 8.55. The minimum Gasteiger partial charge on any atom is -0.493 e. The van der Waals surface area contributed by atoms with Crippen molar-refractivity contribution in [3.63, 3.8) is 0 Å². The number of methoxy groups -OCH3 is 2. The summed E-state index contributed by atoms with van der Waals surface area (Å²) in [5.74, 6) is 1.38. The fraction of sp³-hybridized carbons (Fsp3) is 0.250. The van der Waals surface area contributed by atoms with Gasteiger partial charge in [-0.2, -0.15) is 0 Å². The molecular formula is C24H25N3O3. The largest absolute Gasteiger partial charge is 0.493 e. The van der Waals surface area contributed by atoms with Crippen molar-refractivity contribution < 1.29 is 14.0 Å². The quantitative estimate of drug-likeness (QED) is 0.440. The Morgan fingerprint density at radius 1 is 0.967 bits per heavy atom. The Hall–Kier alpha value is -3.38. The number of fused-ring (bicyclic) bond motifs is 1. The maximum Gasteiger partial charge on any atom is 0.161 e. The molecule has 0 aliphatic rings. The van der Waals surface area contributed by atoms with Gasteiger partial charge in [0.1, 0.15) is 6.26 Å². The number of rotatable bonds is 7. The van der Waals surface area contributed by atoms with Crippen LogP contribution in [0.3, 0.4) is 0 Å². The van der Waals surface area contributed by atoms with Crippen molar-refractivity contribution in [2.45, 2.75) is 20.0 Å². The van der Waals surface area contributed by atoms with E-state index in [1.54, 1.807) is 20.5 Å².